The standard InChI is InChI=1S/C19H19NO4/c1-12-3-6-17(9-13(12)2)24-16-7-4-15(5-8-16)20-11-14(19(22)23)10-18(20)21/h3-9,14H,10-11H2,1-2H3,(H,22,23)/p-1. The lowest BCUT2D eigenvalue weighted by Crippen LogP contribution is -2.33. The first-order valence-corrected chi connectivity index (χ1v) is 7.80. The summed E-state index contributed by atoms with van der Waals surface area (Å²) in [7, 11) is 0. The lowest BCUT2D eigenvalue weighted by atomic mass is 10.1. The zero-order valence-electron chi connectivity index (χ0n) is 13.6. The van der Waals surface area contributed by atoms with Crippen LogP contribution in [0, 0.1) is 19.8 Å². The van der Waals surface area contributed by atoms with Gasteiger partial charge in [-0.3, -0.25) is 4.79 Å². The highest BCUT2D eigenvalue weighted by Gasteiger charge is 2.31. The lowest BCUT2D eigenvalue weighted by Gasteiger charge is -2.17. The van der Waals surface area contributed by atoms with Gasteiger partial charge in [-0.25, -0.2) is 0 Å². The molecular formula is C19H18NO4-. The molecule has 5 heteroatoms. The number of carboxylic acids is 1. The molecule has 1 aliphatic rings. The van der Waals surface area contributed by atoms with Crippen LogP contribution in [-0.4, -0.2) is 18.4 Å². The smallest absolute Gasteiger partial charge is 0.227 e. The molecule has 3 rings (SSSR count). The third kappa shape index (κ3) is 3.25. The number of aryl methyl sites for hydroxylation is 2. The summed E-state index contributed by atoms with van der Waals surface area (Å²) >= 11 is 0. The second kappa shape index (κ2) is 6.35. The number of hydrogen-bond acceptors (Lipinski definition) is 4. The van der Waals surface area contributed by atoms with E-state index in [-0.39, 0.29) is 18.9 Å². The Bertz CT molecular complexity index is 782. The normalized spacial score (nSPS) is 17.2. The average Bonchev–Trinajstić information content (AvgIpc) is 2.94. The van der Waals surface area contributed by atoms with Crippen LogP contribution in [0.2, 0.25) is 0 Å². The van der Waals surface area contributed by atoms with Crippen LogP contribution in [0.5, 0.6) is 11.5 Å². The molecule has 0 N–H and O–H groups in total. The molecule has 0 saturated carbocycles. The van der Waals surface area contributed by atoms with Crippen molar-refractivity contribution in [2.45, 2.75) is 20.3 Å². The van der Waals surface area contributed by atoms with E-state index in [1.807, 2.05) is 32.0 Å². The summed E-state index contributed by atoms with van der Waals surface area (Å²) in [5.74, 6) is -0.721. The number of hydrogen-bond donors (Lipinski definition) is 0. The van der Waals surface area contributed by atoms with Crippen LogP contribution in [-0.2, 0) is 9.59 Å². The molecule has 0 bridgehead atoms. The highest BCUT2D eigenvalue weighted by atomic mass is 16.5. The summed E-state index contributed by atoms with van der Waals surface area (Å²) in [5.41, 5.74) is 3.02. The zero-order chi connectivity index (χ0) is 17.3. The molecule has 0 radical (unpaired) electrons. The van der Waals surface area contributed by atoms with Crippen LogP contribution in [0.3, 0.4) is 0 Å². The molecule has 0 aliphatic carbocycles. The minimum absolute atomic E-state index is 0.0107. The monoisotopic (exact) mass is 324 g/mol. The van der Waals surface area contributed by atoms with Crippen molar-refractivity contribution in [3.63, 3.8) is 0 Å². The summed E-state index contributed by atoms with van der Waals surface area (Å²) in [6.07, 6.45) is -0.0107. The van der Waals surface area contributed by atoms with Crippen LogP contribution < -0.4 is 14.7 Å². The van der Waals surface area contributed by atoms with Crippen LogP contribution in [0.1, 0.15) is 17.5 Å². The van der Waals surface area contributed by atoms with Crippen molar-refractivity contribution < 1.29 is 19.4 Å². The maximum atomic E-state index is 11.9. The largest absolute Gasteiger partial charge is 0.550 e. The topological polar surface area (TPSA) is 69.7 Å². The maximum absolute atomic E-state index is 11.9. The number of carbonyl (C=O) groups excluding carboxylic acids is 2. The van der Waals surface area contributed by atoms with E-state index in [4.69, 9.17) is 4.74 Å². The van der Waals surface area contributed by atoms with E-state index >= 15 is 0 Å². The molecule has 2 aromatic rings. The van der Waals surface area contributed by atoms with Crippen LogP contribution in [0.25, 0.3) is 0 Å². The molecule has 124 valence electrons. The Morgan fingerprint density at radius 2 is 1.75 bits per heavy atom. The van der Waals surface area contributed by atoms with Gasteiger partial charge < -0.3 is 19.5 Å². The highest BCUT2D eigenvalue weighted by molar-refractivity contribution is 5.98. The number of carboxylic acid groups (broad SMARTS) is 1. The van der Waals surface area contributed by atoms with E-state index in [1.165, 1.54) is 10.5 Å². The summed E-state index contributed by atoms with van der Waals surface area (Å²) in [4.78, 5) is 24.3. The van der Waals surface area contributed by atoms with Gasteiger partial charge >= 0.3 is 0 Å². The van der Waals surface area contributed by atoms with Gasteiger partial charge in [0.2, 0.25) is 5.91 Å². The highest BCUT2D eigenvalue weighted by Crippen LogP contribution is 2.29. The number of carbonyl (C=O) groups is 2. The minimum atomic E-state index is -1.18. The quantitative estimate of drug-likeness (QED) is 0.864. The fourth-order valence-corrected chi connectivity index (χ4v) is 2.72. The van der Waals surface area contributed by atoms with Gasteiger partial charge in [-0.2, -0.15) is 0 Å². The number of aliphatic carboxylic acids is 1. The molecule has 1 aliphatic heterocycles. The number of rotatable bonds is 4. The van der Waals surface area contributed by atoms with Gasteiger partial charge in [-0.15, -0.1) is 0 Å². The zero-order valence-corrected chi connectivity index (χ0v) is 13.6. The van der Waals surface area contributed by atoms with Gasteiger partial charge in [0.25, 0.3) is 0 Å². The van der Waals surface area contributed by atoms with Gasteiger partial charge in [0.1, 0.15) is 11.5 Å². The first-order valence-electron chi connectivity index (χ1n) is 7.80. The maximum Gasteiger partial charge on any atom is 0.227 e. The predicted molar refractivity (Wildman–Crippen MR) is 87.9 cm³/mol. The molecule has 1 atom stereocenters. The number of ether oxygens (including phenoxy) is 1. The van der Waals surface area contributed by atoms with E-state index in [0.717, 1.165) is 11.3 Å². The van der Waals surface area contributed by atoms with E-state index in [1.54, 1.807) is 24.3 Å². The number of nitrogens with zero attached hydrogens (tertiary/aromatic N) is 1. The van der Waals surface area contributed by atoms with E-state index in [9.17, 15) is 14.7 Å². The molecular weight excluding hydrogens is 306 g/mol. The fourth-order valence-electron chi connectivity index (χ4n) is 2.72. The molecule has 24 heavy (non-hydrogen) atoms. The summed E-state index contributed by atoms with van der Waals surface area (Å²) in [6.45, 7) is 4.22. The Morgan fingerprint density at radius 3 is 2.33 bits per heavy atom. The molecule has 1 saturated heterocycles. The number of benzene rings is 2. The molecule has 1 heterocycles. The third-order valence-electron chi connectivity index (χ3n) is 4.32. The van der Waals surface area contributed by atoms with Crippen molar-refractivity contribution in [3.05, 3.63) is 53.6 Å². The Balaban J connectivity index is 1.72. The van der Waals surface area contributed by atoms with Crippen molar-refractivity contribution in [3.8, 4) is 11.5 Å². The van der Waals surface area contributed by atoms with Crippen LogP contribution in [0.4, 0.5) is 5.69 Å². The van der Waals surface area contributed by atoms with E-state index in [0.29, 0.717) is 11.4 Å². The second-order valence-electron chi connectivity index (χ2n) is 6.07. The second-order valence-corrected chi connectivity index (χ2v) is 6.07. The van der Waals surface area contributed by atoms with Gasteiger partial charge in [-0.05, 0) is 61.4 Å². The van der Waals surface area contributed by atoms with Gasteiger partial charge in [0.05, 0.1) is 0 Å². The van der Waals surface area contributed by atoms with Crippen LogP contribution in [0.15, 0.2) is 42.5 Å². The lowest BCUT2D eigenvalue weighted by molar-refractivity contribution is -0.310. The van der Waals surface area contributed by atoms with Crippen molar-refractivity contribution in [1.29, 1.82) is 0 Å². The first kappa shape index (κ1) is 16.1. The minimum Gasteiger partial charge on any atom is -0.550 e. The summed E-state index contributed by atoms with van der Waals surface area (Å²) in [6, 6.07) is 12.9. The molecule has 1 unspecified atom stereocenters. The molecule has 5 nitrogen and oxygen atoms in total. The van der Waals surface area contributed by atoms with Crippen molar-refractivity contribution in [2.24, 2.45) is 5.92 Å². The van der Waals surface area contributed by atoms with Crippen molar-refractivity contribution in [1.82, 2.24) is 0 Å². The fraction of sp³-hybridized carbons (Fsp3) is 0.263. The third-order valence-corrected chi connectivity index (χ3v) is 4.32. The van der Waals surface area contributed by atoms with E-state index < -0.39 is 11.9 Å². The predicted octanol–water partition coefficient (Wildman–Crippen LogP) is 2.20. The first-order chi connectivity index (χ1) is 11.4. The number of amides is 1. The van der Waals surface area contributed by atoms with Gasteiger partial charge in [0.15, 0.2) is 0 Å². The molecule has 1 amide bonds. The molecule has 0 spiro atoms. The van der Waals surface area contributed by atoms with E-state index in [2.05, 4.69) is 0 Å². The molecule has 0 aromatic heterocycles. The van der Waals surface area contributed by atoms with Gasteiger partial charge in [-0.1, -0.05) is 6.07 Å². The number of anilines is 1. The Hall–Kier alpha value is -2.82. The Kier molecular flexibility index (Phi) is 4.25. The summed E-state index contributed by atoms with van der Waals surface area (Å²) in [5, 5.41) is 10.9. The Morgan fingerprint density at radius 1 is 1.08 bits per heavy atom. The Labute approximate surface area is 140 Å². The van der Waals surface area contributed by atoms with Gasteiger partial charge in [0, 0.05) is 30.5 Å². The van der Waals surface area contributed by atoms with Crippen molar-refractivity contribution >= 4 is 17.6 Å². The SMILES string of the molecule is Cc1ccc(Oc2ccc(N3CC(C(=O)[O-])CC3=O)cc2)cc1C. The van der Waals surface area contributed by atoms with Crippen molar-refractivity contribution in [2.75, 3.05) is 11.4 Å². The van der Waals surface area contributed by atoms with Crippen LogP contribution >= 0.6 is 0 Å². The molecule has 1 fully saturated rings. The average molecular weight is 324 g/mol. The summed E-state index contributed by atoms with van der Waals surface area (Å²) < 4.78 is 5.81. The molecule has 2 aromatic carbocycles.